The Morgan fingerprint density at radius 1 is 1.20 bits per heavy atom. The molecule has 0 aliphatic carbocycles. The molecule has 1 fully saturated rings. The van der Waals surface area contributed by atoms with Crippen molar-refractivity contribution in [3.8, 4) is 11.5 Å². The van der Waals surface area contributed by atoms with Crippen molar-refractivity contribution in [3.05, 3.63) is 59.7 Å². The Balaban J connectivity index is 1.50. The van der Waals surface area contributed by atoms with Gasteiger partial charge < -0.3 is 19.5 Å². The first kappa shape index (κ1) is 17.3. The summed E-state index contributed by atoms with van der Waals surface area (Å²) in [6.45, 7) is 1.80. The Hall–Kier alpha value is -2.53. The number of carbonyl (C=O) groups is 1. The Bertz CT molecular complexity index is 693. The molecule has 1 aliphatic rings. The number of hydrogen-bond donors (Lipinski definition) is 1. The van der Waals surface area contributed by atoms with E-state index in [1.54, 1.807) is 7.11 Å². The van der Waals surface area contributed by atoms with Crippen LogP contribution >= 0.6 is 0 Å². The molecule has 1 amide bonds. The van der Waals surface area contributed by atoms with Gasteiger partial charge in [0.25, 0.3) is 5.91 Å². The maximum absolute atomic E-state index is 12.2. The topological polar surface area (TPSA) is 56.8 Å². The molecule has 1 saturated heterocycles. The maximum atomic E-state index is 12.2. The second kappa shape index (κ2) is 8.53. The van der Waals surface area contributed by atoms with Crippen LogP contribution in [0.2, 0.25) is 0 Å². The highest BCUT2D eigenvalue weighted by atomic mass is 16.5. The number of ether oxygens (including phenoxy) is 3. The van der Waals surface area contributed by atoms with E-state index in [-0.39, 0.29) is 12.0 Å². The van der Waals surface area contributed by atoms with Crippen LogP contribution in [-0.4, -0.2) is 32.3 Å². The number of hydrogen-bond acceptors (Lipinski definition) is 4. The highest BCUT2D eigenvalue weighted by molar-refractivity contribution is 5.94. The predicted molar refractivity (Wildman–Crippen MR) is 95.1 cm³/mol. The van der Waals surface area contributed by atoms with E-state index in [9.17, 15) is 4.79 Å². The zero-order chi connectivity index (χ0) is 17.5. The molecule has 0 bridgehead atoms. The lowest BCUT2D eigenvalue weighted by Gasteiger charge is -2.11. The van der Waals surface area contributed by atoms with E-state index in [1.807, 2.05) is 48.5 Å². The number of benzene rings is 2. The third-order valence-electron chi connectivity index (χ3n) is 4.18. The summed E-state index contributed by atoms with van der Waals surface area (Å²) in [6.07, 6.45) is 2.24. The minimum Gasteiger partial charge on any atom is -0.497 e. The van der Waals surface area contributed by atoms with Gasteiger partial charge in [-0.1, -0.05) is 18.2 Å². The molecule has 0 unspecified atom stereocenters. The summed E-state index contributed by atoms with van der Waals surface area (Å²) in [5, 5.41) is 2.92. The van der Waals surface area contributed by atoms with Crippen LogP contribution in [0.15, 0.2) is 48.5 Å². The first-order chi connectivity index (χ1) is 12.2. The number of rotatable bonds is 7. The average Bonchev–Trinajstić information content (AvgIpc) is 3.18. The van der Waals surface area contributed by atoms with E-state index in [2.05, 4.69) is 5.32 Å². The van der Waals surface area contributed by atoms with E-state index in [1.165, 1.54) is 0 Å². The van der Waals surface area contributed by atoms with Crippen molar-refractivity contribution >= 4 is 5.91 Å². The van der Waals surface area contributed by atoms with Gasteiger partial charge in [-0.25, -0.2) is 0 Å². The van der Waals surface area contributed by atoms with Gasteiger partial charge in [0, 0.05) is 24.8 Å². The Morgan fingerprint density at radius 3 is 2.72 bits per heavy atom. The first-order valence-electron chi connectivity index (χ1n) is 8.50. The van der Waals surface area contributed by atoms with Crippen LogP contribution in [0.25, 0.3) is 0 Å². The van der Waals surface area contributed by atoms with Crippen molar-refractivity contribution in [3.63, 3.8) is 0 Å². The van der Waals surface area contributed by atoms with Crippen molar-refractivity contribution in [2.75, 3.05) is 20.3 Å². The molecule has 5 heteroatoms. The minimum absolute atomic E-state index is 0.0734. The smallest absolute Gasteiger partial charge is 0.251 e. The summed E-state index contributed by atoms with van der Waals surface area (Å²) in [5.74, 6) is 1.43. The molecule has 2 aromatic carbocycles. The van der Waals surface area contributed by atoms with Gasteiger partial charge in [0.15, 0.2) is 0 Å². The molecule has 3 rings (SSSR count). The third kappa shape index (κ3) is 4.97. The molecule has 0 saturated carbocycles. The van der Waals surface area contributed by atoms with Crippen molar-refractivity contribution in [1.82, 2.24) is 5.32 Å². The summed E-state index contributed by atoms with van der Waals surface area (Å²) in [4.78, 5) is 12.2. The quantitative estimate of drug-likeness (QED) is 0.840. The molecule has 25 heavy (non-hydrogen) atoms. The van der Waals surface area contributed by atoms with Gasteiger partial charge in [0.05, 0.1) is 13.2 Å². The molecule has 0 radical (unpaired) electrons. The van der Waals surface area contributed by atoms with Crippen molar-refractivity contribution in [2.24, 2.45) is 0 Å². The highest BCUT2D eigenvalue weighted by Crippen LogP contribution is 2.20. The molecule has 1 aliphatic heterocycles. The van der Waals surface area contributed by atoms with E-state index in [4.69, 9.17) is 14.2 Å². The third-order valence-corrected chi connectivity index (χ3v) is 4.18. The molecular formula is C20H23NO4. The van der Waals surface area contributed by atoms with Crippen LogP contribution in [0.3, 0.4) is 0 Å². The van der Waals surface area contributed by atoms with E-state index in [0.717, 1.165) is 36.5 Å². The van der Waals surface area contributed by atoms with E-state index in [0.29, 0.717) is 18.7 Å². The SMILES string of the molecule is COc1cccc(OCc2ccc(C(=O)NC[C@@H]3CCCO3)cc2)c1. The van der Waals surface area contributed by atoms with Gasteiger partial charge in [-0.15, -0.1) is 0 Å². The zero-order valence-electron chi connectivity index (χ0n) is 14.4. The summed E-state index contributed by atoms with van der Waals surface area (Å²) in [7, 11) is 1.63. The van der Waals surface area contributed by atoms with Gasteiger partial charge in [0.2, 0.25) is 0 Å². The lowest BCUT2D eigenvalue weighted by atomic mass is 10.1. The Kier molecular flexibility index (Phi) is 5.90. The van der Waals surface area contributed by atoms with Crippen molar-refractivity contribution < 1.29 is 19.0 Å². The summed E-state index contributed by atoms with van der Waals surface area (Å²) < 4.78 is 16.4. The first-order valence-corrected chi connectivity index (χ1v) is 8.50. The van der Waals surface area contributed by atoms with Gasteiger partial charge in [-0.2, -0.15) is 0 Å². The fraction of sp³-hybridized carbons (Fsp3) is 0.350. The van der Waals surface area contributed by atoms with Crippen LogP contribution < -0.4 is 14.8 Å². The van der Waals surface area contributed by atoms with E-state index >= 15 is 0 Å². The van der Waals surface area contributed by atoms with Crippen molar-refractivity contribution in [1.29, 1.82) is 0 Å². The molecule has 1 atom stereocenters. The Labute approximate surface area is 147 Å². The van der Waals surface area contributed by atoms with Crippen LogP contribution in [0.1, 0.15) is 28.8 Å². The lowest BCUT2D eigenvalue weighted by molar-refractivity contribution is 0.0857. The fourth-order valence-electron chi connectivity index (χ4n) is 2.72. The van der Waals surface area contributed by atoms with Gasteiger partial charge in [-0.05, 0) is 42.7 Å². The number of amides is 1. The molecule has 1 heterocycles. The summed E-state index contributed by atoms with van der Waals surface area (Å²) >= 11 is 0. The van der Waals surface area contributed by atoms with Crippen LogP contribution in [-0.2, 0) is 11.3 Å². The molecule has 0 spiro atoms. The number of methoxy groups -OCH3 is 1. The molecule has 132 valence electrons. The van der Waals surface area contributed by atoms with Crippen LogP contribution in [0.5, 0.6) is 11.5 Å². The Morgan fingerprint density at radius 2 is 2.00 bits per heavy atom. The standard InChI is InChI=1S/C20H23NO4/c1-23-17-4-2-5-18(12-17)25-14-15-7-9-16(10-8-15)20(22)21-13-19-6-3-11-24-19/h2,4-5,7-10,12,19H,3,6,11,13-14H2,1H3,(H,21,22)/t19-/m0/s1. The van der Waals surface area contributed by atoms with Gasteiger partial charge in [-0.3, -0.25) is 4.79 Å². The van der Waals surface area contributed by atoms with Gasteiger partial charge in [0.1, 0.15) is 18.1 Å². The maximum Gasteiger partial charge on any atom is 0.251 e. The minimum atomic E-state index is -0.0734. The van der Waals surface area contributed by atoms with Crippen LogP contribution in [0.4, 0.5) is 0 Å². The normalized spacial score (nSPS) is 16.4. The van der Waals surface area contributed by atoms with Crippen molar-refractivity contribution in [2.45, 2.75) is 25.6 Å². The van der Waals surface area contributed by atoms with Gasteiger partial charge >= 0.3 is 0 Å². The number of carbonyl (C=O) groups excluding carboxylic acids is 1. The number of nitrogens with one attached hydrogen (secondary N) is 1. The lowest BCUT2D eigenvalue weighted by Crippen LogP contribution is -2.31. The molecule has 0 aromatic heterocycles. The zero-order valence-corrected chi connectivity index (χ0v) is 14.4. The fourth-order valence-corrected chi connectivity index (χ4v) is 2.72. The summed E-state index contributed by atoms with van der Waals surface area (Å²) in [5.41, 5.74) is 1.64. The second-order valence-electron chi connectivity index (χ2n) is 6.01. The highest BCUT2D eigenvalue weighted by Gasteiger charge is 2.16. The largest absolute Gasteiger partial charge is 0.497 e. The van der Waals surface area contributed by atoms with Crippen LogP contribution in [0, 0.1) is 0 Å². The molecular weight excluding hydrogens is 318 g/mol. The second-order valence-corrected chi connectivity index (χ2v) is 6.01. The molecule has 5 nitrogen and oxygen atoms in total. The average molecular weight is 341 g/mol. The van der Waals surface area contributed by atoms with E-state index < -0.39 is 0 Å². The molecule has 2 aromatic rings. The monoisotopic (exact) mass is 341 g/mol. The predicted octanol–water partition coefficient (Wildman–Crippen LogP) is 3.18. The summed E-state index contributed by atoms with van der Waals surface area (Å²) in [6, 6.07) is 14.9. The molecule has 1 N–H and O–H groups in total.